The Morgan fingerprint density at radius 1 is 1.19 bits per heavy atom. The summed E-state index contributed by atoms with van der Waals surface area (Å²) < 4.78 is 39.4. The summed E-state index contributed by atoms with van der Waals surface area (Å²) in [6.07, 6.45) is -2.55. The monoisotopic (exact) mass is 297 g/mol. The second kappa shape index (κ2) is 6.30. The Morgan fingerprint density at radius 3 is 2.43 bits per heavy atom. The van der Waals surface area contributed by atoms with Gasteiger partial charge in [0.05, 0.1) is 11.3 Å². The summed E-state index contributed by atoms with van der Waals surface area (Å²) in [6, 6.07) is 7.14. The molecule has 0 radical (unpaired) electrons. The standard InChI is InChI=1S/C15H18F3N3/c1-3-21-14(8-9-20-21)10-19-11(2)12-4-6-13(7-5-12)15(16,17)18/h4-9,11,19H,3,10H2,1-2H3. The molecule has 0 saturated carbocycles. The fraction of sp³-hybridized carbons (Fsp3) is 0.400. The van der Waals surface area contributed by atoms with Gasteiger partial charge >= 0.3 is 6.18 Å². The smallest absolute Gasteiger partial charge is 0.305 e. The average molecular weight is 297 g/mol. The van der Waals surface area contributed by atoms with Gasteiger partial charge in [-0.25, -0.2) is 0 Å². The van der Waals surface area contributed by atoms with E-state index in [1.165, 1.54) is 12.1 Å². The highest BCUT2D eigenvalue weighted by molar-refractivity contribution is 5.26. The van der Waals surface area contributed by atoms with Crippen LogP contribution in [0, 0.1) is 0 Å². The Balaban J connectivity index is 1.99. The molecule has 21 heavy (non-hydrogen) atoms. The van der Waals surface area contributed by atoms with Crippen LogP contribution in [0.5, 0.6) is 0 Å². The molecule has 0 saturated heterocycles. The summed E-state index contributed by atoms with van der Waals surface area (Å²) in [5, 5.41) is 7.47. The highest BCUT2D eigenvalue weighted by Crippen LogP contribution is 2.29. The van der Waals surface area contributed by atoms with Gasteiger partial charge in [0.15, 0.2) is 0 Å². The van der Waals surface area contributed by atoms with Gasteiger partial charge in [-0.3, -0.25) is 4.68 Å². The van der Waals surface area contributed by atoms with Crippen molar-refractivity contribution in [2.75, 3.05) is 0 Å². The number of hydrogen-bond donors (Lipinski definition) is 1. The quantitative estimate of drug-likeness (QED) is 0.910. The molecule has 0 fully saturated rings. The van der Waals surface area contributed by atoms with Crippen molar-refractivity contribution in [3.05, 3.63) is 53.3 Å². The van der Waals surface area contributed by atoms with Gasteiger partial charge in [0.2, 0.25) is 0 Å². The molecule has 1 aromatic carbocycles. The molecule has 0 aliphatic carbocycles. The number of halogens is 3. The summed E-state index contributed by atoms with van der Waals surface area (Å²) in [6.45, 7) is 5.35. The van der Waals surface area contributed by atoms with Crippen molar-refractivity contribution < 1.29 is 13.2 Å². The van der Waals surface area contributed by atoms with Gasteiger partial charge in [0.25, 0.3) is 0 Å². The Morgan fingerprint density at radius 2 is 1.86 bits per heavy atom. The van der Waals surface area contributed by atoms with E-state index in [2.05, 4.69) is 10.4 Å². The highest BCUT2D eigenvalue weighted by atomic mass is 19.4. The van der Waals surface area contributed by atoms with Crippen molar-refractivity contribution in [3.63, 3.8) is 0 Å². The number of rotatable bonds is 5. The zero-order valence-electron chi connectivity index (χ0n) is 12.0. The molecule has 1 aromatic heterocycles. The summed E-state index contributed by atoms with van der Waals surface area (Å²) in [5.41, 5.74) is 1.25. The molecule has 1 N–H and O–H groups in total. The minimum absolute atomic E-state index is 0.0347. The molecule has 0 aliphatic heterocycles. The lowest BCUT2D eigenvalue weighted by Gasteiger charge is -2.16. The number of hydrogen-bond acceptors (Lipinski definition) is 2. The summed E-state index contributed by atoms with van der Waals surface area (Å²) >= 11 is 0. The molecule has 0 amide bonds. The minimum atomic E-state index is -4.29. The summed E-state index contributed by atoms with van der Waals surface area (Å²) in [7, 11) is 0. The van der Waals surface area contributed by atoms with Crippen LogP contribution in [0.3, 0.4) is 0 Å². The summed E-state index contributed by atoms with van der Waals surface area (Å²) in [4.78, 5) is 0. The molecular formula is C15H18F3N3. The third kappa shape index (κ3) is 3.85. The van der Waals surface area contributed by atoms with E-state index in [0.29, 0.717) is 6.54 Å². The third-order valence-electron chi connectivity index (χ3n) is 3.43. The van der Waals surface area contributed by atoms with Crippen LogP contribution < -0.4 is 5.32 Å². The molecule has 114 valence electrons. The van der Waals surface area contributed by atoms with E-state index in [1.54, 1.807) is 6.20 Å². The first-order valence-electron chi connectivity index (χ1n) is 6.83. The Hall–Kier alpha value is -1.82. The van der Waals surface area contributed by atoms with E-state index in [0.717, 1.165) is 29.9 Å². The molecule has 0 spiro atoms. The van der Waals surface area contributed by atoms with Gasteiger partial charge in [0, 0.05) is 25.3 Å². The maximum atomic E-state index is 12.5. The lowest BCUT2D eigenvalue weighted by atomic mass is 10.1. The number of alkyl halides is 3. The molecular weight excluding hydrogens is 279 g/mol. The molecule has 2 rings (SSSR count). The highest BCUT2D eigenvalue weighted by Gasteiger charge is 2.30. The van der Waals surface area contributed by atoms with Crippen LogP contribution in [0.15, 0.2) is 36.5 Å². The van der Waals surface area contributed by atoms with Crippen LogP contribution in [0.1, 0.15) is 36.7 Å². The summed E-state index contributed by atoms with van der Waals surface area (Å²) in [5.74, 6) is 0. The van der Waals surface area contributed by atoms with Crippen LogP contribution in [0.25, 0.3) is 0 Å². The van der Waals surface area contributed by atoms with E-state index in [-0.39, 0.29) is 6.04 Å². The van der Waals surface area contributed by atoms with Crippen LogP contribution in [0.2, 0.25) is 0 Å². The Labute approximate surface area is 121 Å². The van der Waals surface area contributed by atoms with Gasteiger partial charge in [-0.05, 0) is 37.6 Å². The van der Waals surface area contributed by atoms with Gasteiger partial charge in [-0.2, -0.15) is 18.3 Å². The van der Waals surface area contributed by atoms with Gasteiger partial charge < -0.3 is 5.32 Å². The second-order valence-electron chi connectivity index (χ2n) is 4.86. The molecule has 1 atom stereocenters. The van der Waals surface area contributed by atoms with E-state index in [1.807, 2.05) is 24.6 Å². The van der Waals surface area contributed by atoms with Crippen molar-refractivity contribution >= 4 is 0 Å². The largest absolute Gasteiger partial charge is 0.416 e. The van der Waals surface area contributed by atoms with Gasteiger partial charge in [0.1, 0.15) is 0 Å². The van der Waals surface area contributed by atoms with Crippen LogP contribution in [-0.4, -0.2) is 9.78 Å². The normalized spacial score (nSPS) is 13.4. The van der Waals surface area contributed by atoms with Crippen molar-refractivity contribution in [2.45, 2.75) is 39.2 Å². The fourth-order valence-electron chi connectivity index (χ4n) is 2.13. The van der Waals surface area contributed by atoms with Crippen LogP contribution in [0.4, 0.5) is 13.2 Å². The van der Waals surface area contributed by atoms with Crippen molar-refractivity contribution in [1.29, 1.82) is 0 Å². The number of aryl methyl sites for hydroxylation is 1. The molecule has 3 nitrogen and oxygen atoms in total. The minimum Gasteiger partial charge on any atom is -0.305 e. The predicted molar refractivity (Wildman–Crippen MR) is 74.6 cm³/mol. The first-order valence-corrected chi connectivity index (χ1v) is 6.83. The van der Waals surface area contributed by atoms with E-state index in [4.69, 9.17) is 0 Å². The number of benzene rings is 1. The molecule has 0 bridgehead atoms. The number of aromatic nitrogens is 2. The van der Waals surface area contributed by atoms with Crippen molar-refractivity contribution in [3.8, 4) is 0 Å². The molecule has 1 unspecified atom stereocenters. The first-order chi connectivity index (χ1) is 9.91. The lowest BCUT2D eigenvalue weighted by Crippen LogP contribution is -2.20. The molecule has 2 aromatic rings. The second-order valence-corrected chi connectivity index (χ2v) is 4.86. The maximum Gasteiger partial charge on any atom is 0.416 e. The van der Waals surface area contributed by atoms with Gasteiger partial charge in [-0.15, -0.1) is 0 Å². The van der Waals surface area contributed by atoms with Crippen molar-refractivity contribution in [1.82, 2.24) is 15.1 Å². The zero-order valence-corrected chi connectivity index (χ0v) is 12.0. The molecule has 6 heteroatoms. The van der Waals surface area contributed by atoms with E-state index >= 15 is 0 Å². The predicted octanol–water partition coefficient (Wildman–Crippen LogP) is 3.77. The molecule has 0 aliphatic rings. The first kappa shape index (κ1) is 15.6. The Bertz CT molecular complexity index is 573. The Kier molecular flexibility index (Phi) is 4.67. The number of nitrogens with zero attached hydrogens (tertiary/aromatic N) is 2. The average Bonchev–Trinajstić information content (AvgIpc) is 2.91. The van der Waals surface area contributed by atoms with Crippen LogP contribution >= 0.6 is 0 Å². The molecule has 1 heterocycles. The number of nitrogens with one attached hydrogen (secondary N) is 1. The maximum absolute atomic E-state index is 12.5. The van der Waals surface area contributed by atoms with Crippen molar-refractivity contribution in [2.24, 2.45) is 0 Å². The van der Waals surface area contributed by atoms with E-state index < -0.39 is 11.7 Å². The fourth-order valence-corrected chi connectivity index (χ4v) is 2.13. The SMILES string of the molecule is CCn1nccc1CNC(C)c1ccc(C(F)(F)F)cc1. The zero-order chi connectivity index (χ0) is 15.5. The van der Waals surface area contributed by atoms with E-state index in [9.17, 15) is 13.2 Å². The van der Waals surface area contributed by atoms with Gasteiger partial charge in [-0.1, -0.05) is 12.1 Å². The van der Waals surface area contributed by atoms with Crippen LogP contribution in [-0.2, 0) is 19.3 Å². The lowest BCUT2D eigenvalue weighted by molar-refractivity contribution is -0.137. The topological polar surface area (TPSA) is 29.9 Å². The third-order valence-corrected chi connectivity index (χ3v) is 3.43.